The van der Waals surface area contributed by atoms with Crippen molar-refractivity contribution in [3.63, 3.8) is 0 Å². The number of benzene rings is 2. The summed E-state index contributed by atoms with van der Waals surface area (Å²) in [6, 6.07) is 14.4. The quantitative estimate of drug-likeness (QED) is 0.526. The zero-order chi connectivity index (χ0) is 21.0. The van der Waals surface area contributed by atoms with Crippen molar-refractivity contribution in [3.8, 4) is 0 Å². The lowest BCUT2D eigenvalue weighted by atomic mass is 9.79. The molecule has 4 rings (SSSR count). The zero-order valence-electron chi connectivity index (χ0n) is 17.0. The van der Waals surface area contributed by atoms with E-state index in [0.717, 1.165) is 0 Å². The highest BCUT2D eigenvalue weighted by molar-refractivity contribution is 7.89. The molecule has 2 aromatic carbocycles. The minimum Gasteiger partial charge on any atom is -0.399 e. The molecule has 0 unspecified atom stereocenters. The van der Waals surface area contributed by atoms with Crippen LogP contribution in [0.5, 0.6) is 0 Å². The summed E-state index contributed by atoms with van der Waals surface area (Å²) in [4.78, 5) is 0. The first-order valence-electron chi connectivity index (χ1n) is 9.54. The van der Waals surface area contributed by atoms with Gasteiger partial charge in [-0.3, -0.25) is 0 Å². The van der Waals surface area contributed by atoms with Crippen LogP contribution in [0.15, 0.2) is 54.7 Å². The summed E-state index contributed by atoms with van der Waals surface area (Å²) in [7, 11) is -4.39. The molecule has 0 bridgehead atoms. The molecule has 1 aromatic heterocycles. The Labute approximate surface area is 171 Å². The van der Waals surface area contributed by atoms with E-state index in [4.69, 9.17) is 15.0 Å². The lowest BCUT2D eigenvalue weighted by Gasteiger charge is -2.32. The Morgan fingerprint density at radius 3 is 2.21 bits per heavy atom. The van der Waals surface area contributed by atoms with E-state index in [-0.39, 0.29) is 5.75 Å². The van der Waals surface area contributed by atoms with Gasteiger partial charge in [0.05, 0.1) is 28.2 Å². The molecule has 0 saturated carbocycles. The van der Waals surface area contributed by atoms with E-state index in [2.05, 4.69) is 0 Å². The molecule has 2 heterocycles. The minimum absolute atomic E-state index is 0.130. The van der Waals surface area contributed by atoms with Gasteiger partial charge in [-0.1, -0.05) is 42.5 Å². The van der Waals surface area contributed by atoms with Gasteiger partial charge in [-0.15, -0.1) is 0 Å². The monoisotopic (exact) mass is 412 g/mol. The summed E-state index contributed by atoms with van der Waals surface area (Å²) in [6.07, 6.45) is 1.58. The third-order valence-electron chi connectivity index (χ3n) is 5.85. The maximum atomic E-state index is 13.3. The lowest BCUT2D eigenvalue weighted by Crippen LogP contribution is -2.41. The van der Waals surface area contributed by atoms with Crippen LogP contribution in [0.25, 0.3) is 10.9 Å². The Kier molecular flexibility index (Phi) is 4.57. The number of hydrogen-bond donors (Lipinski definition) is 1. The van der Waals surface area contributed by atoms with Crippen LogP contribution < -0.4 is 11.2 Å². The van der Waals surface area contributed by atoms with E-state index in [1.807, 2.05) is 52.0 Å². The number of nitrogen functional groups attached to an aromatic ring is 1. The summed E-state index contributed by atoms with van der Waals surface area (Å²) in [5, 5.41) is 0.708. The predicted octanol–water partition coefficient (Wildman–Crippen LogP) is 2.90. The minimum atomic E-state index is -3.70. The summed E-state index contributed by atoms with van der Waals surface area (Å²) in [6.45, 7) is 7.86. The van der Waals surface area contributed by atoms with E-state index >= 15 is 0 Å². The highest BCUT2D eigenvalue weighted by atomic mass is 32.2. The van der Waals surface area contributed by atoms with Crippen molar-refractivity contribution >= 4 is 39.2 Å². The molecular weight excluding hydrogens is 387 g/mol. The maximum Gasteiger partial charge on any atom is 0.497 e. The molecule has 0 atom stereocenters. The molecule has 1 fully saturated rings. The molecule has 0 spiro atoms. The highest BCUT2D eigenvalue weighted by Crippen LogP contribution is 2.37. The largest absolute Gasteiger partial charge is 0.497 e. The number of rotatable bonds is 4. The van der Waals surface area contributed by atoms with Gasteiger partial charge in [-0.2, -0.15) is 0 Å². The Hall–Kier alpha value is -2.29. The van der Waals surface area contributed by atoms with Gasteiger partial charge in [0, 0.05) is 17.0 Å². The van der Waals surface area contributed by atoms with Crippen molar-refractivity contribution in [1.82, 2.24) is 3.97 Å². The average molecular weight is 412 g/mol. The third-order valence-corrected chi connectivity index (χ3v) is 7.44. The van der Waals surface area contributed by atoms with Gasteiger partial charge < -0.3 is 15.0 Å². The molecule has 6 nitrogen and oxygen atoms in total. The van der Waals surface area contributed by atoms with Crippen molar-refractivity contribution in [2.75, 3.05) is 5.73 Å². The Bertz CT molecular complexity index is 1150. The fraction of sp³-hybridized carbons (Fsp3) is 0.333. The number of nitrogens with two attached hydrogens (primary N) is 1. The molecule has 152 valence electrons. The van der Waals surface area contributed by atoms with E-state index in [0.29, 0.717) is 27.6 Å². The molecule has 0 aliphatic carbocycles. The standard InChI is InChI=1S/C21H25BN2O4S/c1-20(2)21(3,4)28-22(27-20)17-13-24(19-16(17)11-8-12-18(19)23)29(25,26)14-15-9-6-5-7-10-15/h5-13H,14,23H2,1-4H3. The number of nitrogens with zero attached hydrogens (tertiary/aromatic N) is 1. The number of para-hydroxylation sites is 1. The molecule has 0 amide bonds. The summed E-state index contributed by atoms with van der Waals surface area (Å²) < 4.78 is 40.2. The third kappa shape index (κ3) is 3.35. The lowest BCUT2D eigenvalue weighted by molar-refractivity contribution is 0.00578. The number of hydrogen-bond acceptors (Lipinski definition) is 5. The maximum absolute atomic E-state index is 13.3. The first-order valence-corrected chi connectivity index (χ1v) is 11.1. The second kappa shape index (κ2) is 6.62. The van der Waals surface area contributed by atoms with Crippen LogP contribution >= 0.6 is 0 Å². The topological polar surface area (TPSA) is 83.5 Å². The second-order valence-corrected chi connectivity index (χ2v) is 10.3. The number of aromatic nitrogens is 1. The first-order chi connectivity index (χ1) is 13.5. The fourth-order valence-corrected chi connectivity index (χ4v) is 5.04. The normalized spacial score (nSPS) is 18.4. The van der Waals surface area contributed by atoms with Crippen LogP contribution in [0.3, 0.4) is 0 Å². The Balaban J connectivity index is 1.85. The van der Waals surface area contributed by atoms with Gasteiger partial charge in [0.1, 0.15) is 0 Å². The molecule has 1 aliphatic heterocycles. The van der Waals surface area contributed by atoms with Crippen LogP contribution in [-0.2, 0) is 25.1 Å². The predicted molar refractivity (Wildman–Crippen MR) is 117 cm³/mol. The van der Waals surface area contributed by atoms with E-state index in [1.165, 1.54) is 3.97 Å². The number of fused-ring (bicyclic) bond motifs is 1. The van der Waals surface area contributed by atoms with Crippen LogP contribution in [0.1, 0.15) is 33.3 Å². The zero-order valence-corrected chi connectivity index (χ0v) is 17.9. The van der Waals surface area contributed by atoms with Gasteiger partial charge in [0.15, 0.2) is 0 Å². The van der Waals surface area contributed by atoms with Gasteiger partial charge in [0.2, 0.25) is 10.0 Å². The molecule has 1 aliphatic rings. The first kappa shape index (κ1) is 20.0. The van der Waals surface area contributed by atoms with Gasteiger partial charge in [-0.05, 0) is 39.3 Å². The summed E-state index contributed by atoms with van der Waals surface area (Å²) >= 11 is 0. The summed E-state index contributed by atoms with van der Waals surface area (Å²) in [5.74, 6) is -0.130. The van der Waals surface area contributed by atoms with Gasteiger partial charge in [0.25, 0.3) is 0 Å². The van der Waals surface area contributed by atoms with Gasteiger partial charge in [-0.25, -0.2) is 12.4 Å². The van der Waals surface area contributed by atoms with Crippen LogP contribution in [0.4, 0.5) is 5.69 Å². The SMILES string of the molecule is CC1(C)OB(c2cn(S(=O)(=O)Cc3ccccc3)c3c(N)cccc23)OC1(C)C. The van der Waals surface area contributed by atoms with Gasteiger partial charge >= 0.3 is 7.12 Å². The van der Waals surface area contributed by atoms with Crippen molar-refractivity contribution in [2.24, 2.45) is 0 Å². The van der Waals surface area contributed by atoms with Crippen LogP contribution in [0.2, 0.25) is 0 Å². The molecule has 29 heavy (non-hydrogen) atoms. The fourth-order valence-electron chi connectivity index (χ4n) is 3.53. The molecular formula is C21H25BN2O4S. The molecule has 3 aromatic rings. The smallest absolute Gasteiger partial charge is 0.399 e. The highest BCUT2D eigenvalue weighted by Gasteiger charge is 2.52. The molecule has 2 N–H and O–H groups in total. The molecule has 1 saturated heterocycles. The van der Waals surface area contributed by atoms with Crippen molar-refractivity contribution in [3.05, 3.63) is 60.3 Å². The average Bonchev–Trinajstić information content (AvgIpc) is 3.12. The molecule has 0 radical (unpaired) electrons. The Morgan fingerprint density at radius 1 is 0.966 bits per heavy atom. The summed E-state index contributed by atoms with van der Waals surface area (Å²) in [5.41, 5.74) is 7.34. The van der Waals surface area contributed by atoms with Crippen molar-refractivity contribution < 1.29 is 17.7 Å². The molecule has 8 heteroatoms. The van der Waals surface area contributed by atoms with Crippen molar-refractivity contribution in [2.45, 2.75) is 44.6 Å². The van der Waals surface area contributed by atoms with E-state index < -0.39 is 28.3 Å². The van der Waals surface area contributed by atoms with Crippen LogP contribution in [-0.4, -0.2) is 30.7 Å². The van der Waals surface area contributed by atoms with Crippen molar-refractivity contribution in [1.29, 1.82) is 0 Å². The Morgan fingerprint density at radius 2 is 1.59 bits per heavy atom. The number of anilines is 1. The van der Waals surface area contributed by atoms with Crippen LogP contribution in [0, 0.1) is 0 Å². The van der Waals surface area contributed by atoms with E-state index in [9.17, 15) is 8.42 Å². The van der Waals surface area contributed by atoms with E-state index in [1.54, 1.807) is 30.5 Å². The second-order valence-electron chi connectivity index (χ2n) is 8.45.